The molecule has 0 aliphatic heterocycles. The van der Waals surface area contributed by atoms with Crippen LogP contribution in [0.15, 0.2) is 24.3 Å². The zero-order chi connectivity index (χ0) is 14.3. The Bertz CT molecular complexity index is 446. The molecule has 0 aliphatic rings. The predicted octanol–water partition coefficient (Wildman–Crippen LogP) is 2.23. The van der Waals surface area contributed by atoms with Crippen molar-refractivity contribution < 1.29 is 9.59 Å². The van der Waals surface area contributed by atoms with Gasteiger partial charge in [-0.3, -0.25) is 4.79 Å². The molecule has 104 valence electrons. The first kappa shape index (κ1) is 15.0. The van der Waals surface area contributed by atoms with Crippen LogP contribution in [-0.4, -0.2) is 11.9 Å². The van der Waals surface area contributed by atoms with Gasteiger partial charge in [0.15, 0.2) is 0 Å². The number of hydrogen-bond acceptors (Lipinski definition) is 2. The van der Waals surface area contributed by atoms with E-state index in [1.54, 1.807) is 0 Å². The Morgan fingerprint density at radius 1 is 1.32 bits per heavy atom. The van der Waals surface area contributed by atoms with Crippen molar-refractivity contribution >= 4 is 17.6 Å². The van der Waals surface area contributed by atoms with Crippen LogP contribution in [0.2, 0.25) is 0 Å². The third kappa shape index (κ3) is 5.42. The lowest BCUT2D eigenvalue weighted by atomic mass is 10.0. The van der Waals surface area contributed by atoms with Gasteiger partial charge in [-0.25, -0.2) is 4.79 Å². The van der Waals surface area contributed by atoms with Gasteiger partial charge in [-0.15, -0.1) is 0 Å². The van der Waals surface area contributed by atoms with Gasteiger partial charge in [0.05, 0.1) is 0 Å². The summed E-state index contributed by atoms with van der Waals surface area (Å²) in [6, 6.07) is 6.76. The van der Waals surface area contributed by atoms with Crippen molar-refractivity contribution in [2.45, 2.75) is 33.2 Å². The number of nitrogens with two attached hydrogens (primary N) is 1. The van der Waals surface area contributed by atoms with Gasteiger partial charge >= 0.3 is 6.03 Å². The van der Waals surface area contributed by atoms with Crippen LogP contribution in [-0.2, 0) is 11.3 Å². The second kappa shape index (κ2) is 7.41. The first-order valence-electron chi connectivity index (χ1n) is 6.44. The summed E-state index contributed by atoms with van der Waals surface area (Å²) in [5.74, 6) is 0.344. The van der Waals surface area contributed by atoms with Crippen molar-refractivity contribution in [3.8, 4) is 0 Å². The van der Waals surface area contributed by atoms with E-state index in [1.807, 2.05) is 31.2 Å². The highest BCUT2D eigenvalue weighted by Gasteiger charge is 2.10. The highest BCUT2D eigenvalue weighted by Crippen LogP contribution is 2.16. The topological polar surface area (TPSA) is 84.2 Å². The molecule has 1 aromatic rings. The van der Waals surface area contributed by atoms with Crippen molar-refractivity contribution in [2.24, 2.45) is 11.7 Å². The molecule has 0 heterocycles. The number of hydrogen-bond donors (Lipinski definition) is 3. The van der Waals surface area contributed by atoms with Crippen LogP contribution in [0.1, 0.15) is 32.3 Å². The van der Waals surface area contributed by atoms with Crippen molar-refractivity contribution in [1.29, 1.82) is 0 Å². The summed E-state index contributed by atoms with van der Waals surface area (Å²) in [6.45, 7) is 4.40. The second-order valence-corrected chi connectivity index (χ2v) is 4.64. The van der Waals surface area contributed by atoms with Gasteiger partial charge in [-0.05, 0) is 17.5 Å². The summed E-state index contributed by atoms with van der Waals surface area (Å²) >= 11 is 0. The van der Waals surface area contributed by atoms with Crippen molar-refractivity contribution in [1.82, 2.24) is 5.32 Å². The number of urea groups is 1. The number of para-hydroxylation sites is 1. The fourth-order valence-electron chi connectivity index (χ4n) is 1.64. The van der Waals surface area contributed by atoms with Gasteiger partial charge in [0.25, 0.3) is 0 Å². The van der Waals surface area contributed by atoms with E-state index in [1.165, 1.54) is 0 Å². The lowest BCUT2D eigenvalue weighted by Gasteiger charge is -2.13. The maximum Gasteiger partial charge on any atom is 0.312 e. The quantitative estimate of drug-likeness (QED) is 0.735. The molecule has 0 saturated heterocycles. The molecule has 19 heavy (non-hydrogen) atoms. The van der Waals surface area contributed by atoms with E-state index in [4.69, 9.17) is 5.73 Å². The van der Waals surface area contributed by atoms with Gasteiger partial charge in [0, 0.05) is 18.7 Å². The largest absolute Gasteiger partial charge is 0.352 e. The first-order chi connectivity index (χ1) is 9.02. The van der Waals surface area contributed by atoms with Crippen molar-refractivity contribution in [3.63, 3.8) is 0 Å². The van der Waals surface area contributed by atoms with E-state index in [0.717, 1.165) is 12.0 Å². The minimum absolute atomic E-state index is 0.0131. The molecule has 0 bridgehead atoms. The summed E-state index contributed by atoms with van der Waals surface area (Å²) in [5.41, 5.74) is 6.58. The van der Waals surface area contributed by atoms with Gasteiger partial charge in [0.1, 0.15) is 0 Å². The lowest BCUT2D eigenvalue weighted by molar-refractivity contribution is -0.117. The molecule has 0 fully saturated rings. The van der Waals surface area contributed by atoms with Gasteiger partial charge in [-0.2, -0.15) is 0 Å². The highest BCUT2D eigenvalue weighted by molar-refractivity contribution is 5.91. The fraction of sp³-hybridized carbons (Fsp3) is 0.429. The molecule has 1 aromatic carbocycles. The van der Waals surface area contributed by atoms with E-state index >= 15 is 0 Å². The summed E-state index contributed by atoms with van der Waals surface area (Å²) in [4.78, 5) is 22.6. The summed E-state index contributed by atoms with van der Waals surface area (Å²) in [7, 11) is 0. The molecule has 0 spiro atoms. The molecule has 3 amide bonds. The molecule has 0 saturated carbocycles. The molecule has 5 heteroatoms. The number of nitrogens with one attached hydrogen (secondary N) is 2. The highest BCUT2D eigenvalue weighted by atomic mass is 16.2. The van der Waals surface area contributed by atoms with Crippen LogP contribution in [0.4, 0.5) is 10.5 Å². The molecule has 1 atom stereocenters. The zero-order valence-corrected chi connectivity index (χ0v) is 11.4. The Morgan fingerprint density at radius 2 is 2.00 bits per heavy atom. The molecule has 0 radical (unpaired) electrons. The molecule has 1 rings (SSSR count). The Morgan fingerprint density at radius 3 is 2.63 bits per heavy atom. The van der Waals surface area contributed by atoms with E-state index in [0.29, 0.717) is 24.6 Å². The minimum Gasteiger partial charge on any atom is -0.352 e. The fourth-order valence-corrected chi connectivity index (χ4v) is 1.64. The lowest BCUT2D eigenvalue weighted by Crippen LogP contribution is -2.29. The number of carbonyl (C=O) groups is 2. The molecular formula is C14H21N3O2. The zero-order valence-electron chi connectivity index (χ0n) is 11.4. The molecule has 0 unspecified atom stereocenters. The summed E-state index contributed by atoms with van der Waals surface area (Å²) < 4.78 is 0. The monoisotopic (exact) mass is 263 g/mol. The minimum atomic E-state index is -0.583. The number of rotatable bonds is 6. The van der Waals surface area contributed by atoms with Crippen LogP contribution in [0, 0.1) is 5.92 Å². The van der Waals surface area contributed by atoms with Crippen LogP contribution in [0.5, 0.6) is 0 Å². The third-order valence-corrected chi connectivity index (χ3v) is 2.98. The van der Waals surface area contributed by atoms with Gasteiger partial charge in [-0.1, -0.05) is 38.5 Å². The SMILES string of the molecule is CC[C@H](C)CC(=O)Nc1ccccc1CNC(N)=O. The number of benzene rings is 1. The Labute approximate surface area is 113 Å². The molecule has 0 aliphatic carbocycles. The number of anilines is 1. The summed E-state index contributed by atoms with van der Waals surface area (Å²) in [6.07, 6.45) is 1.46. The molecule has 0 aromatic heterocycles. The average molecular weight is 263 g/mol. The first-order valence-corrected chi connectivity index (χ1v) is 6.44. The number of carbonyl (C=O) groups excluding carboxylic acids is 2. The standard InChI is InChI=1S/C14H21N3O2/c1-3-10(2)8-13(18)17-12-7-5-4-6-11(12)9-16-14(15)19/h4-7,10H,3,8-9H2,1-2H3,(H,17,18)(H3,15,16,19)/t10-/m0/s1. The van der Waals surface area contributed by atoms with Crippen LogP contribution in [0.3, 0.4) is 0 Å². The third-order valence-electron chi connectivity index (χ3n) is 2.98. The predicted molar refractivity (Wildman–Crippen MR) is 75.6 cm³/mol. The summed E-state index contributed by atoms with van der Waals surface area (Å²) in [5, 5.41) is 5.38. The molecular weight excluding hydrogens is 242 g/mol. The van der Waals surface area contributed by atoms with Gasteiger partial charge in [0.2, 0.25) is 5.91 Å². The Balaban J connectivity index is 2.66. The van der Waals surface area contributed by atoms with Crippen LogP contribution >= 0.6 is 0 Å². The van der Waals surface area contributed by atoms with Crippen molar-refractivity contribution in [2.75, 3.05) is 5.32 Å². The maximum absolute atomic E-state index is 11.8. The second-order valence-electron chi connectivity index (χ2n) is 4.64. The number of amides is 3. The molecule has 5 nitrogen and oxygen atoms in total. The Kier molecular flexibility index (Phi) is 5.85. The van der Waals surface area contributed by atoms with E-state index < -0.39 is 6.03 Å². The molecule has 4 N–H and O–H groups in total. The van der Waals surface area contributed by atoms with E-state index in [-0.39, 0.29) is 5.91 Å². The van der Waals surface area contributed by atoms with Gasteiger partial charge < -0.3 is 16.4 Å². The smallest absolute Gasteiger partial charge is 0.312 e. The van der Waals surface area contributed by atoms with Crippen molar-refractivity contribution in [3.05, 3.63) is 29.8 Å². The Hall–Kier alpha value is -2.04. The normalized spacial score (nSPS) is 11.7. The maximum atomic E-state index is 11.8. The van der Waals surface area contributed by atoms with E-state index in [2.05, 4.69) is 17.6 Å². The van der Waals surface area contributed by atoms with Crippen LogP contribution in [0.25, 0.3) is 0 Å². The average Bonchev–Trinajstić information content (AvgIpc) is 2.37. The van der Waals surface area contributed by atoms with E-state index in [9.17, 15) is 9.59 Å². The van der Waals surface area contributed by atoms with Crippen LogP contribution < -0.4 is 16.4 Å². The number of primary amides is 1.